The molecular formula is C13H14N6OS. The van der Waals surface area contributed by atoms with E-state index in [1.807, 2.05) is 13.1 Å². The highest BCUT2D eigenvalue weighted by molar-refractivity contribution is 7.19. The van der Waals surface area contributed by atoms with Gasteiger partial charge in [-0.05, 0) is 6.07 Å². The number of fused-ring (bicyclic) bond motifs is 1. The molecule has 8 heteroatoms. The average Bonchev–Trinajstić information content (AvgIpc) is 3.16. The van der Waals surface area contributed by atoms with Gasteiger partial charge in [-0.1, -0.05) is 0 Å². The molecule has 0 saturated heterocycles. The minimum atomic E-state index is 0.579. The molecule has 0 fully saturated rings. The summed E-state index contributed by atoms with van der Waals surface area (Å²) in [7, 11) is 3.55. The molecule has 0 aliphatic carbocycles. The summed E-state index contributed by atoms with van der Waals surface area (Å²) in [6, 6.07) is 1.92. The standard InChI is InChI=1S/C13H14N6OS/c1-14-16-6-9-10(7-20)19(2)13-12(9)21-11(17-13)5-8-3-4-15-18-8/h3-4,6-7,14H,5H2,1-2H3,(H,15,18)/b16-6-. The number of carbonyl (C=O) groups excluding carboxylic acids is 1. The maximum Gasteiger partial charge on any atom is 0.167 e. The Hall–Kier alpha value is -2.48. The number of carbonyl (C=O) groups is 1. The Kier molecular flexibility index (Phi) is 3.53. The highest BCUT2D eigenvalue weighted by atomic mass is 32.1. The summed E-state index contributed by atoms with van der Waals surface area (Å²) in [4.78, 5) is 15.9. The van der Waals surface area contributed by atoms with Crippen LogP contribution in [0, 0.1) is 0 Å². The van der Waals surface area contributed by atoms with Crippen LogP contribution >= 0.6 is 11.3 Å². The Morgan fingerprint density at radius 2 is 2.43 bits per heavy atom. The molecule has 3 aromatic rings. The van der Waals surface area contributed by atoms with Gasteiger partial charge >= 0.3 is 0 Å². The van der Waals surface area contributed by atoms with E-state index < -0.39 is 0 Å². The third-order valence-corrected chi connectivity index (χ3v) is 4.27. The Bertz CT molecular complexity index is 798. The lowest BCUT2D eigenvalue weighted by Crippen LogP contribution is -2.00. The van der Waals surface area contributed by atoms with E-state index in [0.29, 0.717) is 12.1 Å². The Morgan fingerprint density at radius 1 is 1.57 bits per heavy atom. The van der Waals surface area contributed by atoms with Gasteiger partial charge in [0.05, 0.1) is 16.6 Å². The molecule has 0 radical (unpaired) electrons. The van der Waals surface area contributed by atoms with Crippen molar-refractivity contribution in [2.75, 3.05) is 7.05 Å². The van der Waals surface area contributed by atoms with Crippen LogP contribution in [0.4, 0.5) is 0 Å². The zero-order valence-corrected chi connectivity index (χ0v) is 12.4. The Labute approximate surface area is 124 Å². The van der Waals surface area contributed by atoms with Crippen LogP contribution in [0.2, 0.25) is 0 Å². The number of hydrazone groups is 1. The monoisotopic (exact) mass is 302 g/mol. The van der Waals surface area contributed by atoms with Crippen LogP contribution in [-0.4, -0.2) is 39.3 Å². The van der Waals surface area contributed by atoms with Crippen molar-refractivity contribution in [2.45, 2.75) is 6.42 Å². The van der Waals surface area contributed by atoms with Crippen LogP contribution < -0.4 is 5.43 Å². The molecule has 3 aromatic heterocycles. The average molecular weight is 302 g/mol. The number of H-pyrrole nitrogens is 1. The second-order valence-electron chi connectivity index (χ2n) is 4.48. The fraction of sp³-hybridized carbons (Fsp3) is 0.231. The molecule has 0 atom stereocenters. The maximum atomic E-state index is 11.3. The van der Waals surface area contributed by atoms with E-state index in [4.69, 9.17) is 0 Å². The lowest BCUT2D eigenvalue weighted by atomic mass is 10.3. The maximum absolute atomic E-state index is 11.3. The van der Waals surface area contributed by atoms with E-state index in [9.17, 15) is 4.79 Å². The van der Waals surface area contributed by atoms with Gasteiger partial charge in [0.15, 0.2) is 11.9 Å². The van der Waals surface area contributed by atoms with Crippen LogP contribution in [-0.2, 0) is 13.5 Å². The number of nitrogens with one attached hydrogen (secondary N) is 2. The van der Waals surface area contributed by atoms with Crippen LogP contribution in [0.25, 0.3) is 10.3 Å². The van der Waals surface area contributed by atoms with Crippen molar-refractivity contribution in [2.24, 2.45) is 12.1 Å². The second kappa shape index (κ2) is 5.49. The van der Waals surface area contributed by atoms with Crippen molar-refractivity contribution in [3.63, 3.8) is 0 Å². The van der Waals surface area contributed by atoms with E-state index in [1.54, 1.807) is 35.4 Å². The molecule has 0 aromatic carbocycles. The molecule has 108 valence electrons. The first-order valence-electron chi connectivity index (χ1n) is 6.36. The number of rotatable bonds is 5. The fourth-order valence-corrected chi connectivity index (χ4v) is 3.32. The Morgan fingerprint density at radius 3 is 3.10 bits per heavy atom. The number of hydrogen-bond donors (Lipinski definition) is 2. The van der Waals surface area contributed by atoms with Gasteiger partial charge in [-0.15, -0.1) is 11.3 Å². The highest BCUT2D eigenvalue weighted by Gasteiger charge is 2.18. The zero-order chi connectivity index (χ0) is 14.8. The molecule has 7 nitrogen and oxygen atoms in total. The van der Waals surface area contributed by atoms with Gasteiger partial charge in [-0.3, -0.25) is 9.89 Å². The molecule has 0 amide bonds. The largest absolute Gasteiger partial charge is 0.325 e. The number of hydrogen-bond acceptors (Lipinski definition) is 6. The lowest BCUT2D eigenvalue weighted by Gasteiger charge is -1.97. The van der Waals surface area contributed by atoms with E-state index in [-0.39, 0.29) is 0 Å². The van der Waals surface area contributed by atoms with E-state index >= 15 is 0 Å². The first kappa shape index (κ1) is 13.5. The van der Waals surface area contributed by atoms with Crippen LogP contribution in [0.1, 0.15) is 26.8 Å². The molecule has 0 bridgehead atoms. The molecule has 0 unspecified atom stereocenters. The molecule has 3 heterocycles. The molecule has 0 spiro atoms. The molecule has 21 heavy (non-hydrogen) atoms. The number of aryl methyl sites for hydroxylation is 1. The minimum absolute atomic E-state index is 0.579. The van der Waals surface area contributed by atoms with Gasteiger partial charge in [0.2, 0.25) is 0 Å². The van der Waals surface area contributed by atoms with E-state index in [1.165, 1.54) is 0 Å². The predicted octanol–water partition coefficient (Wildman–Crippen LogP) is 1.31. The van der Waals surface area contributed by atoms with Gasteiger partial charge < -0.3 is 9.99 Å². The van der Waals surface area contributed by atoms with Crippen LogP contribution in [0.15, 0.2) is 17.4 Å². The number of aldehydes is 1. The zero-order valence-electron chi connectivity index (χ0n) is 11.6. The van der Waals surface area contributed by atoms with Crippen molar-refractivity contribution in [3.05, 3.63) is 34.2 Å². The number of aromatic nitrogens is 4. The molecular weight excluding hydrogens is 288 g/mol. The van der Waals surface area contributed by atoms with Gasteiger partial charge in [0, 0.05) is 38.0 Å². The van der Waals surface area contributed by atoms with Gasteiger partial charge in [0.25, 0.3) is 0 Å². The third kappa shape index (κ3) is 2.33. The fourth-order valence-electron chi connectivity index (χ4n) is 2.19. The van der Waals surface area contributed by atoms with E-state index in [0.717, 1.165) is 32.9 Å². The number of nitrogens with zero attached hydrogens (tertiary/aromatic N) is 4. The molecule has 0 aliphatic heterocycles. The smallest absolute Gasteiger partial charge is 0.167 e. The van der Waals surface area contributed by atoms with Crippen LogP contribution in [0.5, 0.6) is 0 Å². The third-order valence-electron chi connectivity index (χ3n) is 3.19. The molecule has 2 N–H and O–H groups in total. The molecule has 0 saturated carbocycles. The summed E-state index contributed by atoms with van der Waals surface area (Å²) >= 11 is 1.57. The normalized spacial score (nSPS) is 11.5. The van der Waals surface area contributed by atoms with Crippen LogP contribution in [0.3, 0.4) is 0 Å². The van der Waals surface area contributed by atoms with Gasteiger partial charge in [0.1, 0.15) is 5.01 Å². The van der Waals surface area contributed by atoms with Crippen molar-refractivity contribution in [3.8, 4) is 0 Å². The Balaban J connectivity index is 2.08. The summed E-state index contributed by atoms with van der Waals surface area (Å²) < 4.78 is 2.76. The predicted molar refractivity (Wildman–Crippen MR) is 82.0 cm³/mol. The van der Waals surface area contributed by atoms with Crippen molar-refractivity contribution in [1.29, 1.82) is 0 Å². The highest BCUT2D eigenvalue weighted by Crippen LogP contribution is 2.29. The summed E-state index contributed by atoms with van der Waals surface area (Å²) in [6.07, 6.45) is 4.90. The first-order valence-corrected chi connectivity index (χ1v) is 7.17. The SMILES string of the molecule is CN/N=C\c1c(C=O)n(C)c2nc(Cc3ccn[nH]3)sc12. The first-order chi connectivity index (χ1) is 10.2. The van der Waals surface area contributed by atoms with Gasteiger partial charge in [-0.2, -0.15) is 10.2 Å². The number of aromatic amines is 1. The van der Waals surface area contributed by atoms with Crippen molar-refractivity contribution >= 4 is 34.2 Å². The quantitative estimate of drug-likeness (QED) is 0.422. The summed E-state index contributed by atoms with van der Waals surface area (Å²) in [5.41, 5.74) is 5.89. The van der Waals surface area contributed by atoms with Crippen molar-refractivity contribution < 1.29 is 4.79 Å². The molecule has 3 rings (SSSR count). The van der Waals surface area contributed by atoms with Crippen molar-refractivity contribution in [1.82, 2.24) is 25.2 Å². The second-order valence-corrected chi connectivity index (χ2v) is 5.56. The number of thiazole rings is 1. The van der Waals surface area contributed by atoms with E-state index in [2.05, 4.69) is 25.7 Å². The summed E-state index contributed by atoms with van der Waals surface area (Å²) in [6.45, 7) is 0. The minimum Gasteiger partial charge on any atom is -0.325 e. The molecule has 0 aliphatic rings. The summed E-state index contributed by atoms with van der Waals surface area (Å²) in [5, 5.41) is 11.8. The van der Waals surface area contributed by atoms with Gasteiger partial charge in [-0.25, -0.2) is 4.98 Å². The topological polar surface area (TPSA) is 88.0 Å². The lowest BCUT2D eigenvalue weighted by molar-refractivity contribution is 0.111. The summed E-state index contributed by atoms with van der Waals surface area (Å²) in [5.74, 6) is 0.